The first-order valence-corrected chi connectivity index (χ1v) is 9.92. The maximum atomic E-state index is 13.7. The first-order chi connectivity index (χ1) is 13.6. The van der Waals surface area contributed by atoms with Crippen LogP contribution in [0.4, 0.5) is 4.39 Å². The first-order valence-electron chi connectivity index (χ1n) is 8.55. The van der Waals surface area contributed by atoms with E-state index in [0.717, 1.165) is 5.56 Å². The molecule has 0 saturated heterocycles. The second-order valence-electron chi connectivity index (χ2n) is 5.99. The van der Waals surface area contributed by atoms with Gasteiger partial charge >= 0.3 is 0 Å². The molecule has 1 aromatic heterocycles. The van der Waals surface area contributed by atoms with E-state index in [1.807, 2.05) is 12.1 Å². The summed E-state index contributed by atoms with van der Waals surface area (Å²) < 4.78 is 36.0. The average molecular weight is 423 g/mol. The Labute approximate surface area is 169 Å². The van der Waals surface area contributed by atoms with Crippen molar-refractivity contribution in [3.05, 3.63) is 58.7 Å². The molecule has 1 aliphatic rings. The van der Waals surface area contributed by atoms with E-state index in [-0.39, 0.29) is 11.6 Å². The molecule has 0 aliphatic carbocycles. The molecule has 1 unspecified atom stereocenters. The Morgan fingerprint density at radius 1 is 1.21 bits per heavy atom. The normalized spacial score (nSPS) is 14.0. The lowest BCUT2D eigenvalue weighted by Gasteiger charge is -2.20. The Balaban J connectivity index is 1.40. The molecular weight excluding hydrogens is 407 g/mol. The molecule has 4 rings (SSSR count). The predicted octanol–water partition coefficient (Wildman–Crippen LogP) is 5.07. The summed E-state index contributed by atoms with van der Waals surface area (Å²) in [4.78, 5) is 0. The minimum absolute atomic E-state index is 0.133. The highest BCUT2D eigenvalue weighted by molar-refractivity contribution is 7.98. The van der Waals surface area contributed by atoms with Gasteiger partial charge in [0.15, 0.2) is 29.2 Å². The average Bonchev–Trinajstić information content (AvgIpc) is 3.17. The Hall–Kier alpha value is -2.45. The lowest BCUT2D eigenvalue weighted by Crippen LogP contribution is -2.15. The first kappa shape index (κ1) is 18.9. The summed E-state index contributed by atoms with van der Waals surface area (Å²) in [5.41, 5.74) is 0.939. The van der Waals surface area contributed by atoms with Crippen LogP contribution in [-0.4, -0.2) is 23.4 Å². The zero-order valence-electron chi connectivity index (χ0n) is 14.9. The van der Waals surface area contributed by atoms with Gasteiger partial charge in [0.25, 0.3) is 11.1 Å². The molecule has 2 heterocycles. The molecule has 9 heteroatoms. The van der Waals surface area contributed by atoms with Crippen LogP contribution < -0.4 is 14.2 Å². The Kier molecular flexibility index (Phi) is 5.59. The zero-order valence-corrected chi connectivity index (χ0v) is 16.4. The van der Waals surface area contributed by atoms with Gasteiger partial charge in [-0.3, -0.25) is 0 Å². The third-order valence-corrected chi connectivity index (χ3v) is 5.10. The standard InChI is InChI=1S/C19H16ClFN2O4S/c1-11(26-15-5-3-2-4-14(15)21)18-22-23-19(27-18)28-10-12-8-13(20)17-16(9-12)24-6-7-25-17/h2-5,8-9,11H,6-7,10H2,1H3. The predicted molar refractivity (Wildman–Crippen MR) is 102 cm³/mol. The lowest BCUT2D eigenvalue weighted by atomic mass is 10.2. The van der Waals surface area contributed by atoms with Crippen molar-refractivity contribution in [1.29, 1.82) is 0 Å². The van der Waals surface area contributed by atoms with E-state index >= 15 is 0 Å². The highest BCUT2D eigenvalue weighted by Crippen LogP contribution is 2.39. The van der Waals surface area contributed by atoms with Crippen molar-refractivity contribution in [1.82, 2.24) is 10.2 Å². The maximum Gasteiger partial charge on any atom is 0.277 e. The summed E-state index contributed by atoms with van der Waals surface area (Å²) in [5, 5.41) is 8.88. The molecule has 6 nitrogen and oxygen atoms in total. The Bertz CT molecular complexity index is 984. The summed E-state index contributed by atoms with van der Waals surface area (Å²) in [5.74, 6) is 1.71. The largest absolute Gasteiger partial charge is 0.486 e. The number of benzene rings is 2. The van der Waals surface area contributed by atoms with Crippen molar-refractivity contribution in [3.8, 4) is 17.2 Å². The molecule has 1 atom stereocenters. The molecule has 0 bridgehead atoms. The molecule has 3 aromatic rings. The lowest BCUT2D eigenvalue weighted by molar-refractivity contribution is 0.171. The van der Waals surface area contributed by atoms with Crippen molar-refractivity contribution >= 4 is 23.4 Å². The smallest absolute Gasteiger partial charge is 0.277 e. The van der Waals surface area contributed by atoms with Crippen LogP contribution in [0.3, 0.4) is 0 Å². The van der Waals surface area contributed by atoms with E-state index in [0.29, 0.717) is 40.7 Å². The Morgan fingerprint density at radius 3 is 2.89 bits per heavy atom. The number of rotatable bonds is 6. The number of para-hydroxylation sites is 1. The van der Waals surface area contributed by atoms with Gasteiger partial charge in [-0.1, -0.05) is 35.5 Å². The minimum atomic E-state index is -0.581. The Morgan fingerprint density at radius 2 is 2.04 bits per heavy atom. The van der Waals surface area contributed by atoms with E-state index in [1.54, 1.807) is 25.1 Å². The quantitative estimate of drug-likeness (QED) is 0.514. The number of hydrogen-bond acceptors (Lipinski definition) is 7. The molecule has 0 amide bonds. The fourth-order valence-electron chi connectivity index (χ4n) is 2.62. The highest BCUT2D eigenvalue weighted by Gasteiger charge is 2.19. The summed E-state index contributed by atoms with van der Waals surface area (Å²) >= 11 is 7.61. The van der Waals surface area contributed by atoms with Crippen LogP contribution in [0.5, 0.6) is 17.2 Å². The van der Waals surface area contributed by atoms with E-state index in [4.69, 9.17) is 30.2 Å². The molecule has 1 aliphatic heterocycles. The molecule has 0 fully saturated rings. The van der Waals surface area contributed by atoms with Crippen molar-refractivity contribution in [3.63, 3.8) is 0 Å². The van der Waals surface area contributed by atoms with Gasteiger partial charge < -0.3 is 18.6 Å². The van der Waals surface area contributed by atoms with Gasteiger partial charge in [-0.2, -0.15) is 0 Å². The summed E-state index contributed by atoms with van der Waals surface area (Å²) in [6, 6.07) is 9.87. The molecule has 0 radical (unpaired) electrons. The summed E-state index contributed by atoms with van der Waals surface area (Å²) in [7, 11) is 0. The van der Waals surface area contributed by atoms with Gasteiger partial charge in [-0.05, 0) is 36.8 Å². The number of ether oxygens (including phenoxy) is 3. The number of aromatic nitrogens is 2. The topological polar surface area (TPSA) is 66.6 Å². The van der Waals surface area contributed by atoms with E-state index in [9.17, 15) is 4.39 Å². The third-order valence-electron chi connectivity index (χ3n) is 3.93. The molecule has 146 valence electrons. The summed E-state index contributed by atoms with van der Waals surface area (Å²) in [6.07, 6.45) is -0.581. The second-order valence-corrected chi connectivity index (χ2v) is 7.32. The van der Waals surface area contributed by atoms with Crippen molar-refractivity contribution in [2.75, 3.05) is 13.2 Å². The number of nitrogens with zero attached hydrogens (tertiary/aromatic N) is 2. The van der Waals surface area contributed by atoms with Crippen molar-refractivity contribution < 1.29 is 23.0 Å². The fourth-order valence-corrected chi connectivity index (χ4v) is 3.60. The van der Waals surface area contributed by atoms with Gasteiger partial charge in [0.1, 0.15) is 13.2 Å². The SMILES string of the molecule is CC(Oc1ccccc1F)c1nnc(SCc2cc(Cl)c3c(c2)OCCO3)o1. The van der Waals surface area contributed by atoms with Crippen LogP contribution >= 0.6 is 23.4 Å². The van der Waals surface area contributed by atoms with Crippen LogP contribution in [0, 0.1) is 5.82 Å². The fraction of sp³-hybridized carbons (Fsp3) is 0.263. The van der Waals surface area contributed by atoms with Gasteiger partial charge in [0, 0.05) is 5.75 Å². The summed E-state index contributed by atoms with van der Waals surface area (Å²) in [6.45, 7) is 2.69. The van der Waals surface area contributed by atoms with Crippen LogP contribution in [0.1, 0.15) is 24.5 Å². The number of thioether (sulfide) groups is 1. The van der Waals surface area contributed by atoms with Crippen LogP contribution in [-0.2, 0) is 5.75 Å². The number of halogens is 2. The zero-order chi connectivity index (χ0) is 19.5. The monoisotopic (exact) mass is 422 g/mol. The molecule has 0 N–H and O–H groups in total. The second kappa shape index (κ2) is 8.28. The third kappa shape index (κ3) is 4.18. The highest BCUT2D eigenvalue weighted by atomic mass is 35.5. The van der Waals surface area contributed by atoms with Crippen LogP contribution in [0.15, 0.2) is 46.0 Å². The van der Waals surface area contributed by atoms with E-state index in [2.05, 4.69) is 10.2 Å². The van der Waals surface area contributed by atoms with Crippen molar-refractivity contribution in [2.24, 2.45) is 0 Å². The van der Waals surface area contributed by atoms with Gasteiger partial charge in [0.2, 0.25) is 0 Å². The molecular formula is C19H16ClFN2O4S. The number of fused-ring (bicyclic) bond motifs is 1. The maximum absolute atomic E-state index is 13.7. The number of hydrogen-bond donors (Lipinski definition) is 0. The van der Waals surface area contributed by atoms with Gasteiger partial charge in [-0.25, -0.2) is 4.39 Å². The van der Waals surface area contributed by atoms with E-state index < -0.39 is 11.9 Å². The minimum Gasteiger partial charge on any atom is -0.486 e. The molecule has 0 spiro atoms. The molecule has 0 saturated carbocycles. The van der Waals surface area contributed by atoms with Crippen molar-refractivity contribution in [2.45, 2.75) is 24.0 Å². The van der Waals surface area contributed by atoms with Gasteiger partial charge in [0.05, 0.1) is 5.02 Å². The van der Waals surface area contributed by atoms with E-state index in [1.165, 1.54) is 17.8 Å². The molecule has 28 heavy (non-hydrogen) atoms. The van der Waals surface area contributed by atoms with Crippen LogP contribution in [0.25, 0.3) is 0 Å². The van der Waals surface area contributed by atoms with Gasteiger partial charge in [-0.15, -0.1) is 10.2 Å². The van der Waals surface area contributed by atoms with Crippen LogP contribution in [0.2, 0.25) is 5.02 Å². The molecule has 2 aromatic carbocycles.